The van der Waals surface area contributed by atoms with Crippen LogP contribution in [-0.2, 0) is 4.79 Å². The summed E-state index contributed by atoms with van der Waals surface area (Å²) < 4.78 is 13.4. The van der Waals surface area contributed by atoms with Crippen molar-refractivity contribution >= 4 is 18.4 Å². The lowest BCUT2D eigenvalue weighted by Crippen LogP contribution is -2.17. The van der Waals surface area contributed by atoms with Crippen molar-refractivity contribution in [3.05, 3.63) is 29.6 Å². The summed E-state index contributed by atoms with van der Waals surface area (Å²) in [7, 11) is 0. The van der Waals surface area contributed by atoms with Crippen molar-refractivity contribution < 1.29 is 19.4 Å². The second-order valence-corrected chi connectivity index (χ2v) is 3.62. The minimum atomic E-state index is -0.963. The normalized spacial score (nSPS) is 13.7. The summed E-state index contributed by atoms with van der Waals surface area (Å²) in [4.78, 5) is 10.7. The van der Waals surface area contributed by atoms with Gasteiger partial charge >= 0.3 is 5.97 Å². The Morgan fingerprint density at radius 2 is 1.94 bits per heavy atom. The van der Waals surface area contributed by atoms with E-state index in [9.17, 15) is 9.18 Å². The molecule has 16 heavy (non-hydrogen) atoms. The number of aromatic hydroxyl groups is 1. The van der Waals surface area contributed by atoms with Gasteiger partial charge in [-0.3, -0.25) is 4.79 Å². The van der Waals surface area contributed by atoms with Gasteiger partial charge in [0.15, 0.2) is 0 Å². The SMILES string of the molecule is CC(C(=O)O)C(C)c1ccc(O)cc1F.Cl. The summed E-state index contributed by atoms with van der Waals surface area (Å²) in [5, 5.41) is 17.8. The van der Waals surface area contributed by atoms with Crippen molar-refractivity contribution in [1.82, 2.24) is 0 Å². The Kier molecular flexibility index (Phi) is 5.24. The van der Waals surface area contributed by atoms with E-state index in [1.807, 2.05) is 0 Å². The molecule has 3 nitrogen and oxygen atoms in total. The van der Waals surface area contributed by atoms with Crippen LogP contribution < -0.4 is 0 Å². The molecule has 1 rings (SSSR count). The number of phenols is 1. The number of carboxylic acids is 1. The number of halogens is 2. The molecule has 0 heterocycles. The zero-order valence-corrected chi connectivity index (χ0v) is 9.79. The third-order valence-corrected chi connectivity index (χ3v) is 2.61. The van der Waals surface area contributed by atoms with E-state index in [0.717, 1.165) is 6.07 Å². The van der Waals surface area contributed by atoms with Crippen LogP contribution in [0, 0.1) is 11.7 Å². The van der Waals surface area contributed by atoms with Crippen LogP contribution in [0.2, 0.25) is 0 Å². The summed E-state index contributed by atoms with van der Waals surface area (Å²) >= 11 is 0. The molecule has 0 amide bonds. The van der Waals surface area contributed by atoms with Crippen molar-refractivity contribution in [3.63, 3.8) is 0 Å². The van der Waals surface area contributed by atoms with Crippen molar-refractivity contribution in [2.24, 2.45) is 5.92 Å². The molecular weight excluding hydrogens is 235 g/mol. The van der Waals surface area contributed by atoms with E-state index in [-0.39, 0.29) is 18.2 Å². The molecule has 0 radical (unpaired) electrons. The molecule has 0 bridgehead atoms. The van der Waals surface area contributed by atoms with Gasteiger partial charge in [0.05, 0.1) is 5.92 Å². The summed E-state index contributed by atoms with van der Waals surface area (Å²) in [6, 6.07) is 3.75. The molecule has 1 aromatic rings. The Morgan fingerprint density at radius 3 is 2.38 bits per heavy atom. The van der Waals surface area contributed by atoms with Gasteiger partial charge in [-0.25, -0.2) is 4.39 Å². The molecule has 90 valence electrons. The van der Waals surface area contributed by atoms with Gasteiger partial charge in [0.25, 0.3) is 0 Å². The molecule has 0 spiro atoms. The standard InChI is InChI=1S/C11H13FO3.ClH/c1-6(7(2)11(14)15)9-4-3-8(13)5-10(9)12;/h3-7,13H,1-2H3,(H,14,15);1H. The second-order valence-electron chi connectivity index (χ2n) is 3.62. The Morgan fingerprint density at radius 1 is 1.38 bits per heavy atom. The van der Waals surface area contributed by atoms with Gasteiger partial charge in [-0.15, -0.1) is 12.4 Å². The maximum Gasteiger partial charge on any atom is 0.306 e. The van der Waals surface area contributed by atoms with Crippen molar-refractivity contribution in [2.75, 3.05) is 0 Å². The van der Waals surface area contributed by atoms with Crippen LogP contribution in [0.1, 0.15) is 25.3 Å². The number of carboxylic acid groups (broad SMARTS) is 1. The Labute approximate surface area is 99.3 Å². The van der Waals surface area contributed by atoms with E-state index in [1.165, 1.54) is 19.1 Å². The van der Waals surface area contributed by atoms with Gasteiger partial charge in [0.1, 0.15) is 11.6 Å². The van der Waals surface area contributed by atoms with Crippen LogP contribution in [-0.4, -0.2) is 16.2 Å². The summed E-state index contributed by atoms with van der Waals surface area (Å²) in [6.45, 7) is 3.17. The van der Waals surface area contributed by atoms with Crippen molar-refractivity contribution in [3.8, 4) is 5.75 Å². The van der Waals surface area contributed by atoms with Gasteiger partial charge in [0, 0.05) is 6.07 Å². The van der Waals surface area contributed by atoms with Crippen LogP contribution in [0.15, 0.2) is 18.2 Å². The number of hydrogen-bond donors (Lipinski definition) is 2. The lowest BCUT2D eigenvalue weighted by molar-refractivity contribution is -0.141. The molecule has 0 aliphatic heterocycles. The fourth-order valence-electron chi connectivity index (χ4n) is 1.37. The van der Waals surface area contributed by atoms with Crippen LogP contribution >= 0.6 is 12.4 Å². The quantitative estimate of drug-likeness (QED) is 0.865. The number of rotatable bonds is 3. The number of aliphatic carboxylic acids is 1. The smallest absolute Gasteiger partial charge is 0.306 e. The van der Waals surface area contributed by atoms with Crippen LogP contribution in [0.25, 0.3) is 0 Å². The minimum absolute atomic E-state index is 0. The molecule has 0 aromatic heterocycles. The number of hydrogen-bond acceptors (Lipinski definition) is 2. The number of benzene rings is 1. The molecule has 1 aromatic carbocycles. The molecular formula is C11H14ClFO3. The molecule has 2 unspecified atom stereocenters. The highest BCUT2D eigenvalue weighted by Crippen LogP contribution is 2.28. The first-order chi connectivity index (χ1) is 6.93. The molecule has 0 aliphatic carbocycles. The summed E-state index contributed by atoms with van der Waals surface area (Å²) in [5.41, 5.74) is 0.308. The largest absolute Gasteiger partial charge is 0.508 e. The topological polar surface area (TPSA) is 57.5 Å². The molecule has 2 atom stereocenters. The highest BCUT2D eigenvalue weighted by Gasteiger charge is 2.23. The molecule has 5 heteroatoms. The number of carbonyl (C=O) groups is 1. The summed E-state index contributed by atoms with van der Waals surface area (Å²) in [5.74, 6) is -2.79. The highest BCUT2D eigenvalue weighted by atomic mass is 35.5. The summed E-state index contributed by atoms with van der Waals surface area (Å²) in [6.07, 6.45) is 0. The lowest BCUT2D eigenvalue weighted by Gasteiger charge is -2.16. The van der Waals surface area contributed by atoms with E-state index >= 15 is 0 Å². The maximum absolute atomic E-state index is 13.4. The predicted molar refractivity (Wildman–Crippen MR) is 60.5 cm³/mol. The van der Waals surface area contributed by atoms with Crippen LogP contribution in [0.4, 0.5) is 4.39 Å². The highest BCUT2D eigenvalue weighted by molar-refractivity contribution is 5.85. The van der Waals surface area contributed by atoms with Crippen molar-refractivity contribution in [2.45, 2.75) is 19.8 Å². The van der Waals surface area contributed by atoms with E-state index in [0.29, 0.717) is 5.56 Å². The Bertz CT molecular complexity index is 381. The van der Waals surface area contributed by atoms with Crippen molar-refractivity contribution in [1.29, 1.82) is 0 Å². The third-order valence-electron chi connectivity index (χ3n) is 2.61. The van der Waals surface area contributed by atoms with Gasteiger partial charge in [-0.1, -0.05) is 19.9 Å². The molecule has 0 saturated carbocycles. The van der Waals surface area contributed by atoms with Gasteiger partial charge in [0.2, 0.25) is 0 Å². The fourth-order valence-corrected chi connectivity index (χ4v) is 1.37. The van der Waals surface area contributed by atoms with E-state index in [1.54, 1.807) is 6.92 Å². The lowest BCUT2D eigenvalue weighted by atomic mass is 9.88. The maximum atomic E-state index is 13.4. The van der Waals surface area contributed by atoms with Gasteiger partial charge in [-0.05, 0) is 17.5 Å². The molecule has 0 aliphatic rings. The third kappa shape index (κ3) is 3.10. The van der Waals surface area contributed by atoms with Crippen LogP contribution in [0.3, 0.4) is 0 Å². The zero-order chi connectivity index (χ0) is 11.6. The average Bonchev–Trinajstić information content (AvgIpc) is 2.15. The second kappa shape index (κ2) is 5.70. The first-order valence-corrected chi connectivity index (χ1v) is 4.64. The van der Waals surface area contributed by atoms with E-state index in [4.69, 9.17) is 10.2 Å². The molecule has 0 saturated heterocycles. The Hall–Kier alpha value is -1.29. The number of phenolic OH excluding ortho intramolecular Hbond substituents is 1. The first kappa shape index (κ1) is 14.7. The van der Waals surface area contributed by atoms with Crippen LogP contribution in [0.5, 0.6) is 5.75 Å². The Balaban J connectivity index is 0.00000225. The van der Waals surface area contributed by atoms with Gasteiger partial charge in [-0.2, -0.15) is 0 Å². The molecule has 2 N–H and O–H groups in total. The minimum Gasteiger partial charge on any atom is -0.508 e. The van der Waals surface area contributed by atoms with E-state index < -0.39 is 23.6 Å². The monoisotopic (exact) mass is 248 g/mol. The average molecular weight is 249 g/mol. The molecule has 0 fully saturated rings. The zero-order valence-electron chi connectivity index (χ0n) is 8.98. The predicted octanol–water partition coefficient (Wildman–Crippen LogP) is 2.78. The van der Waals surface area contributed by atoms with Gasteiger partial charge < -0.3 is 10.2 Å². The first-order valence-electron chi connectivity index (χ1n) is 4.64. The fraction of sp³-hybridized carbons (Fsp3) is 0.364. The van der Waals surface area contributed by atoms with E-state index in [2.05, 4.69) is 0 Å².